The molecular weight excluding hydrogens is 420 g/mol. The molecule has 3 aromatic carbocycles. The summed E-state index contributed by atoms with van der Waals surface area (Å²) in [6, 6.07) is 25.4. The highest BCUT2D eigenvalue weighted by Crippen LogP contribution is 2.47. The molecule has 3 heterocycles. The number of nitrogens with zero attached hydrogens (tertiary/aromatic N) is 2. The van der Waals surface area contributed by atoms with Crippen LogP contribution in [0.1, 0.15) is 11.8 Å². The summed E-state index contributed by atoms with van der Waals surface area (Å²) in [5.41, 5.74) is 1.32. The zero-order valence-electron chi connectivity index (χ0n) is 17.3. The average molecular weight is 438 g/mol. The third-order valence-electron chi connectivity index (χ3n) is 6.09. The molecule has 7 nitrogen and oxygen atoms in total. The summed E-state index contributed by atoms with van der Waals surface area (Å²) in [5.74, 6) is -1.44. The van der Waals surface area contributed by atoms with Crippen molar-refractivity contribution in [3.63, 3.8) is 0 Å². The van der Waals surface area contributed by atoms with Crippen LogP contribution in [0.15, 0.2) is 100 Å². The van der Waals surface area contributed by atoms with Crippen molar-refractivity contribution in [2.75, 3.05) is 9.96 Å². The van der Waals surface area contributed by atoms with Gasteiger partial charge < -0.3 is 4.42 Å². The molecule has 33 heavy (non-hydrogen) atoms. The number of rotatable bonds is 3. The van der Waals surface area contributed by atoms with E-state index in [1.54, 1.807) is 48.5 Å². The van der Waals surface area contributed by atoms with Gasteiger partial charge in [-0.05, 0) is 36.4 Å². The number of imide groups is 1. The van der Waals surface area contributed by atoms with Crippen molar-refractivity contribution in [2.24, 2.45) is 5.92 Å². The monoisotopic (exact) mass is 438 g/mol. The van der Waals surface area contributed by atoms with E-state index in [1.165, 1.54) is 11.1 Å². The Bertz CT molecular complexity index is 1430. The minimum Gasteiger partial charge on any atom is -0.458 e. The van der Waals surface area contributed by atoms with E-state index in [0.717, 1.165) is 4.90 Å². The summed E-state index contributed by atoms with van der Waals surface area (Å²) in [4.78, 5) is 47.0. The lowest BCUT2D eigenvalue weighted by Gasteiger charge is -2.27. The van der Waals surface area contributed by atoms with Crippen molar-refractivity contribution in [3.05, 3.63) is 107 Å². The third kappa shape index (κ3) is 2.97. The lowest BCUT2D eigenvalue weighted by Crippen LogP contribution is -2.37. The summed E-state index contributed by atoms with van der Waals surface area (Å²) < 4.78 is 6.11. The summed E-state index contributed by atoms with van der Waals surface area (Å²) in [7, 11) is 0. The summed E-state index contributed by atoms with van der Waals surface area (Å²) in [6.45, 7) is 0. The summed E-state index contributed by atoms with van der Waals surface area (Å²) in [5, 5.41) is 1.96. The molecule has 7 heteroatoms. The zero-order valence-corrected chi connectivity index (χ0v) is 17.3. The first-order valence-corrected chi connectivity index (χ1v) is 10.6. The summed E-state index contributed by atoms with van der Waals surface area (Å²) >= 11 is 0. The largest absolute Gasteiger partial charge is 0.458 e. The van der Waals surface area contributed by atoms with Crippen molar-refractivity contribution < 1.29 is 18.8 Å². The van der Waals surface area contributed by atoms with Crippen molar-refractivity contribution in [1.82, 2.24) is 0 Å². The molecule has 2 amide bonds. The number of carbonyl (C=O) groups is 2. The number of amides is 2. The number of anilines is 2. The highest BCUT2D eigenvalue weighted by atomic mass is 16.7. The molecule has 2 fully saturated rings. The smallest absolute Gasteiger partial charge is 0.266 e. The van der Waals surface area contributed by atoms with Gasteiger partial charge in [0, 0.05) is 6.07 Å². The number of hydrogen-bond acceptors (Lipinski definition) is 6. The molecule has 3 atom stereocenters. The van der Waals surface area contributed by atoms with Crippen molar-refractivity contribution in [2.45, 2.75) is 12.1 Å². The minimum absolute atomic E-state index is 0.222. The topological polar surface area (TPSA) is 80.1 Å². The molecule has 0 spiro atoms. The number of hydrogen-bond donors (Lipinski definition) is 0. The van der Waals surface area contributed by atoms with Crippen LogP contribution in [0.2, 0.25) is 0 Å². The van der Waals surface area contributed by atoms with Gasteiger partial charge in [-0.3, -0.25) is 19.2 Å². The van der Waals surface area contributed by atoms with Crippen LogP contribution < -0.4 is 15.4 Å². The average Bonchev–Trinajstić information content (AvgIpc) is 3.36. The maximum Gasteiger partial charge on any atom is 0.266 e. The fourth-order valence-corrected chi connectivity index (χ4v) is 4.60. The third-order valence-corrected chi connectivity index (χ3v) is 6.09. The molecule has 0 N–H and O–H groups in total. The Labute approximate surface area is 188 Å². The van der Waals surface area contributed by atoms with Crippen LogP contribution in [-0.2, 0) is 14.4 Å². The van der Waals surface area contributed by atoms with Gasteiger partial charge >= 0.3 is 0 Å². The minimum atomic E-state index is -1.03. The van der Waals surface area contributed by atoms with E-state index in [9.17, 15) is 14.4 Å². The van der Waals surface area contributed by atoms with Gasteiger partial charge in [0.2, 0.25) is 5.91 Å². The highest BCUT2D eigenvalue weighted by molar-refractivity contribution is 6.23. The Morgan fingerprint density at radius 1 is 0.697 bits per heavy atom. The Hall–Kier alpha value is -4.23. The van der Waals surface area contributed by atoms with Gasteiger partial charge in [-0.15, -0.1) is 0 Å². The van der Waals surface area contributed by atoms with Gasteiger partial charge in [-0.25, -0.2) is 9.96 Å². The van der Waals surface area contributed by atoms with E-state index in [2.05, 4.69) is 0 Å². The molecule has 2 aliphatic rings. The molecule has 1 aromatic heterocycles. The van der Waals surface area contributed by atoms with E-state index < -0.39 is 29.9 Å². The maximum absolute atomic E-state index is 13.6. The second kappa shape index (κ2) is 7.43. The van der Waals surface area contributed by atoms with Gasteiger partial charge in [0.25, 0.3) is 5.91 Å². The van der Waals surface area contributed by atoms with Crippen molar-refractivity contribution in [3.8, 4) is 0 Å². The Morgan fingerprint density at radius 3 is 2.06 bits per heavy atom. The number of fused-ring (bicyclic) bond motifs is 2. The number of benzene rings is 3. The second-order valence-electron chi connectivity index (χ2n) is 8.01. The Morgan fingerprint density at radius 2 is 1.33 bits per heavy atom. The Kier molecular flexibility index (Phi) is 4.38. The van der Waals surface area contributed by atoms with Crippen LogP contribution in [0.5, 0.6) is 0 Å². The Balaban J connectivity index is 1.51. The zero-order chi connectivity index (χ0) is 22.5. The SMILES string of the molecule is O=C1[C@H]2[C@H](ON(c3ccccc3)[C@@H]2c2cc(=O)c3ccccc3o2)C(=O)N1c1ccccc1. The van der Waals surface area contributed by atoms with E-state index in [-0.39, 0.29) is 11.2 Å². The maximum atomic E-state index is 13.6. The van der Waals surface area contributed by atoms with Crippen LogP contribution in [-0.4, -0.2) is 17.9 Å². The molecule has 2 saturated heterocycles. The predicted molar refractivity (Wildman–Crippen MR) is 121 cm³/mol. The number of hydroxylamine groups is 1. The van der Waals surface area contributed by atoms with Crippen LogP contribution in [0, 0.1) is 5.92 Å². The molecular formula is C26H18N2O5. The highest BCUT2D eigenvalue weighted by Gasteiger charge is 2.61. The first kappa shape index (κ1) is 19.5. The first-order chi connectivity index (χ1) is 16.1. The number of carbonyl (C=O) groups excluding carboxylic acids is 2. The van der Waals surface area contributed by atoms with Gasteiger partial charge in [0.1, 0.15) is 23.3 Å². The fourth-order valence-electron chi connectivity index (χ4n) is 4.60. The number of para-hydroxylation sites is 3. The lowest BCUT2D eigenvalue weighted by atomic mass is 9.94. The molecule has 0 bridgehead atoms. The van der Waals surface area contributed by atoms with E-state index in [4.69, 9.17) is 9.25 Å². The second-order valence-corrected chi connectivity index (χ2v) is 8.01. The van der Waals surface area contributed by atoms with Gasteiger partial charge in [-0.2, -0.15) is 0 Å². The van der Waals surface area contributed by atoms with Crippen molar-refractivity contribution >= 4 is 34.2 Å². The van der Waals surface area contributed by atoms with Crippen LogP contribution >= 0.6 is 0 Å². The molecule has 2 aliphatic heterocycles. The normalized spacial score (nSPS) is 22.2. The van der Waals surface area contributed by atoms with Crippen molar-refractivity contribution in [1.29, 1.82) is 0 Å². The van der Waals surface area contributed by atoms with Crippen LogP contribution in [0.4, 0.5) is 11.4 Å². The predicted octanol–water partition coefficient (Wildman–Crippen LogP) is 3.84. The van der Waals surface area contributed by atoms with Crippen LogP contribution in [0.25, 0.3) is 11.0 Å². The molecule has 0 unspecified atom stereocenters. The molecule has 6 rings (SSSR count). The van der Waals surface area contributed by atoms with Crippen LogP contribution in [0.3, 0.4) is 0 Å². The molecule has 4 aromatic rings. The van der Waals surface area contributed by atoms with E-state index in [1.807, 2.05) is 36.4 Å². The van der Waals surface area contributed by atoms with E-state index >= 15 is 0 Å². The summed E-state index contributed by atoms with van der Waals surface area (Å²) in [6.07, 6.45) is -1.03. The van der Waals surface area contributed by atoms with E-state index in [0.29, 0.717) is 22.3 Å². The molecule has 0 radical (unpaired) electrons. The quantitative estimate of drug-likeness (QED) is 0.452. The van der Waals surface area contributed by atoms with Gasteiger partial charge in [0.05, 0.1) is 16.8 Å². The molecule has 0 saturated carbocycles. The molecule has 0 aliphatic carbocycles. The first-order valence-electron chi connectivity index (χ1n) is 10.6. The fraction of sp³-hybridized carbons (Fsp3) is 0.115. The molecule has 162 valence electrons. The standard InChI is InChI=1S/C26H18N2O5/c29-19-15-21(32-20-14-8-7-13-18(19)20)23-22-24(33-28(23)17-11-5-2-6-12-17)26(31)27(25(22)30)16-9-3-1-4-10-16/h1-15,22-24H/t22-,23-,24+/m1/s1. The van der Waals surface area contributed by atoms with Gasteiger partial charge in [0.15, 0.2) is 11.5 Å². The lowest BCUT2D eigenvalue weighted by molar-refractivity contribution is -0.126. The van der Waals surface area contributed by atoms with Gasteiger partial charge in [-0.1, -0.05) is 48.5 Å².